The summed E-state index contributed by atoms with van der Waals surface area (Å²) in [6.45, 7) is 8.70. The van der Waals surface area contributed by atoms with E-state index in [9.17, 15) is 4.79 Å². The molecule has 1 amide bonds. The van der Waals surface area contributed by atoms with Gasteiger partial charge in [0.1, 0.15) is 17.3 Å². The number of amides is 1. The van der Waals surface area contributed by atoms with Crippen molar-refractivity contribution in [3.05, 3.63) is 53.5 Å². The zero-order chi connectivity index (χ0) is 19.9. The Morgan fingerprint density at radius 1 is 1.18 bits per heavy atom. The van der Waals surface area contributed by atoms with E-state index in [4.69, 9.17) is 0 Å². The van der Waals surface area contributed by atoms with Crippen LogP contribution in [0.5, 0.6) is 0 Å². The number of carbonyl (C=O) groups excluding carboxylic acids is 1. The minimum Gasteiger partial charge on any atom is -0.370 e. The summed E-state index contributed by atoms with van der Waals surface area (Å²) in [4.78, 5) is 23.7. The Bertz CT molecular complexity index is 767. The lowest BCUT2D eigenvalue weighted by Gasteiger charge is -2.32. The van der Waals surface area contributed by atoms with E-state index in [-0.39, 0.29) is 5.91 Å². The Hall–Kier alpha value is -2.43. The van der Waals surface area contributed by atoms with E-state index in [1.165, 1.54) is 5.56 Å². The Kier molecular flexibility index (Phi) is 7.01. The predicted octanol–water partition coefficient (Wildman–Crippen LogP) is 4.34. The molecule has 0 bridgehead atoms. The number of hydrogen-bond acceptors (Lipinski definition) is 4. The first-order valence-electron chi connectivity index (χ1n) is 10.4. The molecule has 2 heterocycles. The number of anilines is 1. The second-order valence-corrected chi connectivity index (χ2v) is 8.22. The predicted molar refractivity (Wildman–Crippen MR) is 113 cm³/mol. The number of aryl methyl sites for hydroxylation is 1. The first-order chi connectivity index (χ1) is 13.5. The highest BCUT2D eigenvalue weighted by Gasteiger charge is 2.25. The van der Waals surface area contributed by atoms with Crippen molar-refractivity contribution in [1.82, 2.24) is 14.9 Å². The molecule has 1 aromatic heterocycles. The van der Waals surface area contributed by atoms with Crippen molar-refractivity contribution in [1.29, 1.82) is 0 Å². The van der Waals surface area contributed by atoms with Gasteiger partial charge in [-0.25, -0.2) is 9.97 Å². The Balaban J connectivity index is 1.56. The molecule has 1 fully saturated rings. The van der Waals surface area contributed by atoms with Crippen molar-refractivity contribution >= 4 is 11.7 Å². The molecular weight excluding hydrogens is 348 g/mol. The fourth-order valence-electron chi connectivity index (χ4n) is 3.71. The van der Waals surface area contributed by atoms with Crippen LogP contribution in [0.2, 0.25) is 0 Å². The molecule has 0 saturated carbocycles. The van der Waals surface area contributed by atoms with Gasteiger partial charge < -0.3 is 10.2 Å². The van der Waals surface area contributed by atoms with Crippen molar-refractivity contribution in [3.8, 4) is 0 Å². The Labute approximate surface area is 168 Å². The normalized spacial score (nSPS) is 15.1. The topological polar surface area (TPSA) is 58.1 Å². The third-order valence-electron chi connectivity index (χ3n) is 5.35. The molecule has 28 heavy (non-hydrogen) atoms. The molecule has 0 unspecified atom stereocenters. The minimum absolute atomic E-state index is 0.0237. The SMILES string of the molecule is Cc1nc(NCCC(C)C)cc(C(=O)N2CCC(Cc3ccccc3)CC2)n1. The molecule has 5 nitrogen and oxygen atoms in total. The third-order valence-corrected chi connectivity index (χ3v) is 5.35. The number of likely N-dealkylation sites (tertiary alicyclic amines) is 1. The molecule has 1 saturated heterocycles. The Morgan fingerprint density at radius 2 is 1.89 bits per heavy atom. The summed E-state index contributed by atoms with van der Waals surface area (Å²) in [6.07, 6.45) is 4.26. The summed E-state index contributed by atoms with van der Waals surface area (Å²) in [5, 5.41) is 3.33. The molecule has 1 aliphatic rings. The van der Waals surface area contributed by atoms with Gasteiger partial charge in [-0.2, -0.15) is 0 Å². The van der Waals surface area contributed by atoms with Crippen LogP contribution in [0.4, 0.5) is 5.82 Å². The maximum Gasteiger partial charge on any atom is 0.272 e. The molecule has 150 valence electrons. The number of piperidine rings is 1. The van der Waals surface area contributed by atoms with E-state index in [1.54, 1.807) is 6.07 Å². The van der Waals surface area contributed by atoms with Gasteiger partial charge in [-0.3, -0.25) is 4.79 Å². The monoisotopic (exact) mass is 380 g/mol. The van der Waals surface area contributed by atoms with Gasteiger partial charge in [-0.05, 0) is 50.0 Å². The van der Waals surface area contributed by atoms with E-state index in [0.717, 1.165) is 51.1 Å². The first kappa shape index (κ1) is 20.3. The number of nitrogens with one attached hydrogen (secondary N) is 1. The number of nitrogens with zero attached hydrogens (tertiary/aromatic N) is 3. The maximum atomic E-state index is 13.0. The lowest BCUT2D eigenvalue weighted by atomic mass is 9.90. The maximum absolute atomic E-state index is 13.0. The van der Waals surface area contributed by atoms with Crippen molar-refractivity contribution < 1.29 is 4.79 Å². The molecule has 2 aromatic rings. The van der Waals surface area contributed by atoms with Crippen LogP contribution >= 0.6 is 0 Å². The summed E-state index contributed by atoms with van der Waals surface area (Å²) >= 11 is 0. The van der Waals surface area contributed by atoms with Crippen LogP contribution in [0.3, 0.4) is 0 Å². The van der Waals surface area contributed by atoms with Crippen molar-refractivity contribution in [2.45, 2.75) is 46.5 Å². The van der Waals surface area contributed by atoms with Gasteiger partial charge in [0.25, 0.3) is 5.91 Å². The zero-order valence-electron chi connectivity index (χ0n) is 17.3. The van der Waals surface area contributed by atoms with E-state index in [0.29, 0.717) is 23.4 Å². The number of carbonyl (C=O) groups is 1. The summed E-state index contributed by atoms with van der Waals surface area (Å²) in [7, 11) is 0. The van der Waals surface area contributed by atoms with E-state index in [1.807, 2.05) is 11.8 Å². The summed E-state index contributed by atoms with van der Waals surface area (Å²) in [5.41, 5.74) is 1.89. The van der Waals surface area contributed by atoms with Crippen LogP contribution in [0, 0.1) is 18.8 Å². The molecule has 3 rings (SSSR count). The highest BCUT2D eigenvalue weighted by molar-refractivity contribution is 5.93. The van der Waals surface area contributed by atoms with Crippen molar-refractivity contribution in [2.75, 3.05) is 25.0 Å². The molecule has 0 aliphatic carbocycles. The van der Waals surface area contributed by atoms with Gasteiger partial charge in [0.2, 0.25) is 0 Å². The van der Waals surface area contributed by atoms with Crippen LogP contribution in [0.15, 0.2) is 36.4 Å². The molecule has 0 spiro atoms. The van der Waals surface area contributed by atoms with Gasteiger partial charge in [-0.15, -0.1) is 0 Å². The number of rotatable bonds is 7. The lowest BCUT2D eigenvalue weighted by Crippen LogP contribution is -2.39. The van der Waals surface area contributed by atoms with E-state index >= 15 is 0 Å². The summed E-state index contributed by atoms with van der Waals surface area (Å²) < 4.78 is 0. The standard InChI is InChI=1S/C23H32N4O/c1-17(2)9-12-24-22-16-21(25-18(3)26-22)23(28)27-13-10-20(11-14-27)15-19-7-5-4-6-8-19/h4-8,16-17,20H,9-15H2,1-3H3,(H,24,25,26). The van der Waals surface area contributed by atoms with E-state index in [2.05, 4.69) is 59.5 Å². The summed E-state index contributed by atoms with van der Waals surface area (Å²) in [6, 6.07) is 12.4. The van der Waals surface area contributed by atoms with Crippen LogP contribution in [0.1, 0.15) is 55.0 Å². The smallest absolute Gasteiger partial charge is 0.272 e. The first-order valence-corrected chi connectivity index (χ1v) is 10.4. The van der Waals surface area contributed by atoms with Gasteiger partial charge in [0, 0.05) is 25.7 Å². The molecular formula is C23H32N4O. The van der Waals surface area contributed by atoms with Crippen LogP contribution < -0.4 is 5.32 Å². The highest BCUT2D eigenvalue weighted by Crippen LogP contribution is 2.23. The largest absolute Gasteiger partial charge is 0.370 e. The molecule has 1 aromatic carbocycles. The number of hydrogen-bond donors (Lipinski definition) is 1. The van der Waals surface area contributed by atoms with Crippen LogP contribution in [-0.2, 0) is 6.42 Å². The van der Waals surface area contributed by atoms with E-state index < -0.39 is 0 Å². The van der Waals surface area contributed by atoms with Gasteiger partial charge >= 0.3 is 0 Å². The fourth-order valence-corrected chi connectivity index (χ4v) is 3.71. The second kappa shape index (κ2) is 9.67. The van der Waals surface area contributed by atoms with Gasteiger partial charge in [0.05, 0.1) is 0 Å². The average Bonchev–Trinajstić information content (AvgIpc) is 2.68. The second-order valence-electron chi connectivity index (χ2n) is 8.22. The van der Waals surface area contributed by atoms with Crippen molar-refractivity contribution in [2.24, 2.45) is 11.8 Å². The van der Waals surface area contributed by atoms with Crippen molar-refractivity contribution in [3.63, 3.8) is 0 Å². The fraction of sp³-hybridized carbons (Fsp3) is 0.522. The molecule has 1 aliphatic heterocycles. The Morgan fingerprint density at radius 3 is 2.57 bits per heavy atom. The minimum atomic E-state index is 0.0237. The third kappa shape index (κ3) is 5.78. The number of aromatic nitrogens is 2. The quantitative estimate of drug-likeness (QED) is 0.776. The average molecular weight is 381 g/mol. The zero-order valence-corrected chi connectivity index (χ0v) is 17.3. The lowest BCUT2D eigenvalue weighted by molar-refractivity contribution is 0.0684. The molecule has 0 atom stereocenters. The number of benzene rings is 1. The highest BCUT2D eigenvalue weighted by atomic mass is 16.2. The molecule has 0 radical (unpaired) electrons. The van der Waals surface area contributed by atoms with Crippen LogP contribution in [-0.4, -0.2) is 40.4 Å². The summed E-state index contributed by atoms with van der Waals surface area (Å²) in [5.74, 6) is 2.68. The molecule has 1 N–H and O–H groups in total. The van der Waals surface area contributed by atoms with Crippen LogP contribution in [0.25, 0.3) is 0 Å². The van der Waals surface area contributed by atoms with Gasteiger partial charge in [-0.1, -0.05) is 44.2 Å². The molecule has 5 heteroatoms. The van der Waals surface area contributed by atoms with Gasteiger partial charge in [0.15, 0.2) is 0 Å².